The van der Waals surface area contributed by atoms with Gasteiger partial charge in [-0.2, -0.15) is 0 Å². The first-order valence-electron chi connectivity index (χ1n) is 26.4. The molecule has 0 heteroatoms. The predicted octanol–water partition coefficient (Wildman–Crippen LogP) is 16.1. The van der Waals surface area contributed by atoms with Gasteiger partial charge in [0.25, 0.3) is 0 Å². The number of hydrogen-bond donors (Lipinski definition) is 0. The Hall–Kier alpha value is 0. The minimum absolute atomic E-state index is 0.562. The summed E-state index contributed by atoms with van der Waals surface area (Å²) in [6, 6.07) is 0. The van der Waals surface area contributed by atoms with Crippen LogP contribution >= 0.6 is 0 Å². The molecule has 0 aliphatic heterocycles. The van der Waals surface area contributed by atoms with Crippen LogP contribution in [-0.2, 0) is 0 Å². The zero-order valence-corrected chi connectivity index (χ0v) is 41.6. The first kappa shape index (κ1) is 42.3. The van der Waals surface area contributed by atoms with Gasteiger partial charge in [0.05, 0.1) is 0 Å². The maximum Gasteiger partial charge on any atom is -0.0269 e. The molecule has 11 rings (SSSR count). The van der Waals surface area contributed by atoms with E-state index < -0.39 is 0 Å². The molecule has 0 N–H and O–H groups in total. The van der Waals surface area contributed by atoms with Crippen molar-refractivity contribution in [3.8, 4) is 0 Å². The zero-order chi connectivity index (χ0) is 41.6. The third-order valence-electron chi connectivity index (χ3n) is 27.3. The van der Waals surface area contributed by atoms with E-state index in [-0.39, 0.29) is 0 Å². The summed E-state index contributed by atoms with van der Waals surface area (Å²) in [5.41, 5.74) is 3.41. The Morgan fingerprint density at radius 2 is 0.649 bits per heavy atom. The van der Waals surface area contributed by atoms with E-state index in [2.05, 4.69) is 132 Å². The maximum absolute atomic E-state index is 2.61. The van der Waals surface area contributed by atoms with Crippen molar-refractivity contribution in [3.63, 3.8) is 0 Å². The predicted molar refractivity (Wildman–Crippen MR) is 244 cm³/mol. The highest BCUT2D eigenvalue weighted by molar-refractivity contribution is 5.23. The number of fused-ring (bicyclic) bond motifs is 23. The van der Waals surface area contributed by atoms with Gasteiger partial charge in [0.2, 0.25) is 0 Å². The lowest BCUT2D eigenvalue weighted by atomic mass is 9.49. The van der Waals surface area contributed by atoms with E-state index >= 15 is 0 Å². The molecule has 0 nitrogen and oxygen atoms in total. The van der Waals surface area contributed by atoms with Gasteiger partial charge in [0, 0.05) is 0 Å². The van der Waals surface area contributed by atoms with Crippen molar-refractivity contribution in [1.82, 2.24) is 0 Å². The van der Waals surface area contributed by atoms with Crippen molar-refractivity contribution in [2.75, 3.05) is 0 Å². The third kappa shape index (κ3) is 4.98. The van der Waals surface area contributed by atoms with Gasteiger partial charge in [-0.05, 0) is 207 Å². The average molecular weight is 783 g/mol. The fourth-order valence-corrected chi connectivity index (χ4v) is 22.1. The van der Waals surface area contributed by atoms with E-state index in [4.69, 9.17) is 0 Å². The molecule has 11 fully saturated rings. The molecule has 10 bridgehead atoms. The van der Waals surface area contributed by atoms with Crippen LogP contribution in [0.3, 0.4) is 0 Å². The normalized spacial score (nSPS) is 56.9. The van der Waals surface area contributed by atoms with Crippen molar-refractivity contribution < 1.29 is 0 Å². The van der Waals surface area contributed by atoms with E-state index in [0.717, 1.165) is 136 Å². The molecule has 0 aromatic carbocycles. The number of rotatable bonds is 4. The van der Waals surface area contributed by atoms with Crippen molar-refractivity contribution in [2.24, 2.45) is 169 Å². The van der Waals surface area contributed by atoms with Gasteiger partial charge in [-0.1, -0.05) is 151 Å². The fourth-order valence-electron chi connectivity index (χ4n) is 22.1. The van der Waals surface area contributed by atoms with Crippen molar-refractivity contribution in [1.29, 1.82) is 0 Å². The second kappa shape index (κ2) is 13.0. The Morgan fingerprint density at radius 3 is 0.965 bits per heavy atom. The van der Waals surface area contributed by atoms with Gasteiger partial charge in [0.1, 0.15) is 0 Å². The van der Waals surface area contributed by atoms with Crippen LogP contribution < -0.4 is 0 Å². The van der Waals surface area contributed by atoms with Crippen LogP contribution in [0.2, 0.25) is 0 Å². The minimum Gasteiger partial charge on any atom is -0.0651 e. The van der Waals surface area contributed by atoms with Crippen molar-refractivity contribution >= 4 is 0 Å². The number of hydrogen-bond acceptors (Lipinski definition) is 0. The molecule has 0 radical (unpaired) electrons. The van der Waals surface area contributed by atoms with E-state index in [9.17, 15) is 0 Å². The second-order valence-corrected chi connectivity index (χ2v) is 28.4. The summed E-state index contributed by atoms with van der Waals surface area (Å²) in [4.78, 5) is 0. The molecule has 0 amide bonds. The molecular formula is C57H98. The maximum atomic E-state index is 2.61. The molecule has 23 unspecified atom stereocenters. The molecule has 23 atom stereocenters. The summed E-state index contributed by atoms with van der Waals surface area (Å²) in [5, 5.41) is 0. The molecule has 0 heterocycles. The Kier molecular flexibility index (Phi) is 9.68. The van der Waals surface area contributed by atoms with Crippen molar-refractivity contribution in [3.05, 3.63) is 0 Å². The van der Waals surface area contributed by atoms with E-state index in [1.165, 1.54) is 19.3 Å². The Balaban J connectivity index is 0.000000112. The highest BCUT2D eigenvalue weighted by atomic mass is 14.8. The Labute approximate surface area is 356 Å². The first-order valence-corrected chi connectivity index (χ1v) is 26.4. The van der Waals surface area contributed by atoms with Gasteiger partial charge in [0.15, 0.2) is 0 Å². The fraction of sp³-hybridized carbons (Fsp3) is 1.00. The van der Waals surface area contributed by atoms with Gasteiger partial charge < -0.3 is 0 Å². The lowest BCUT2D eigenvalue weighted by molar-refractivity contribution is -0.0794. The smallest absolute Gasteiger partial charge is 0.0269 e. The summed E-state index contributed by atoms with van der Waals surface area (Å²) in [6.45, 7) is 48.5. The van der Waals surface area contributed by atoms with Gasteiger partial charge in [-0.3, -0.25) is 0 Å². The molecule has 11 saturated carbocycles. The lowest BCUT2D eigenvalue weighted by Crippen LogP contribution is -2.50. The summed E-state index contributed by atoms with van der Waals surface area (Å²) < 4.78 is 0. The summed E-state index contributed by atoms with van der Waals surface area (Å²) in [5.74, 6) is 24.1. The third-order valence-corrected chi connectivity index (χ3v) is 27.3. The Morgan fingerprint density at radius 1 is 0.368 bits per heavy atom. The molecule has 0 aromatic heterocycles. The van der Waals surface area contributed by atoms with Gasteiger partial charge >= 0.3 is 0 Å². The monoisotopic (exact) mass is 783 g/mol. The van der Waals surface area contributed by atoms with Crippen LogP contribution in [0.5, 0.6) is 0 Å². The highest BCUT2D eigenvalue weighted by Gasteiger charge is 2.75. The standard InChI is InChI=1S/C21H36.C18H30.C18H32/c1-8-11(2)17-12(3)13-9-14(17)19-16-10-15(18(13)19)20(4,5)21(16,6)7;1-9-10(2)12-7-11(9)15-13-8-14(16(12)15)18(5,6)17(13,3)4;1-7-11-9-12(8-2)16-14-10-13(15(11)16)17(3,4)18(14,5)6/h11-19H,8-10H2,1-7H3;9-16H,7-8H2,1-6H3;11-16H,7-10H2,1-6H3. The second-order valence-electron chi connectivity index (χ2n) is 28.4. The van der Waals surface area contributed by atoms with Gasteiger partial charge in [-0.15, -0.1) is 0 Å². The van der Waals surface area contributed by atoms with Crippen LogP contribution in [0.25, 0.3) is 0 Å². The molecule has 11 aliphatic rings. The minimum atomic E-state index is 0.562. The summed E-state index contributed by atoms with van der Waals surface area (Å²) in [6.07, 6.45) is 13.6. The molecule has 326 valence electrons. The molecule has 57 heavy (non-hydrogen) atoms. The van der Waals surface area contributed by atoms with E-state index in [1.807, 2.05) is 0 Å². The van der Waals surface area contributed by atoms with Crippen LogP contribution in [0, 0.1) is 169 Å². The first-order chi connectivity index (χ1) is 26.4. The van der Waals surface area contributed by atoms with Crippen LogP contribution in [0.1, 0.15) is 189 Å². The highest BCUT2D eigenvalue weighted by Crippen LogP contribution is 2.81. The Bertz CT molecular complexity index is 1420. The SMILES string of the molecule is CC1C(C)C2CC1C1C2C2CC1C(C)(C)C2(C)C.CCC(C)C1C(C)C2CC1C1C2C2CC1C(C)(C)C2(C)C.CCC1CC(CC)C2C1C1CC2C(C)(C)C1(C)C. The zero-order valence-electron chi connectivity index (χ0n) is 41.6. The van der Waals surface area contributed by atoms with Crippen molar-refractivity contribution in [2.45, 2.75) is 189 Å². The average Bonchev–Trinajstić information content (AvgIpc) is 3.98. The van der Waals surface area contributed by atoms with Crippen LogP contribution in [-0.4, -0.2) is 0 Å². The molecule has 0 spiro atoms. The van der Waals surface area contributed by atoms with Crippen LogP contribution in [0.15, 0.2) is 0 Å². The topological polar surface area (TPSA) is 0 Å². The summed E-state index contributed by atoms with van der Waals surface area (Å²) >= 11 is 0. The molecule has 0 aromatic rings. The summed E-state index contributed by atoms with van der Waals surface area (Å²) in [7, 11) is 0. The molecule has 11 aliphatic carbocycles. The van der Waals surface area contributed by atoms with E-state index in [1.54, 1.807) is 38.5 Å². The van der Waals surface area contributed by atoms with E-state index in [0.29, 0.717) is 32.5 Å². The van der Waals surface area contributed by atoms with Crippen LogP contribution in [0.4, 0.5) is 0 Å². The lowest BCUT2D eigenvalue weighted by Gasteiger charge is -2.55. The molecular weight excluding hydrogens is 685 g/mol. The largest absolute Gasteiger partial charge is 0.0651 e. The molecule has 0 saturated heterocycles. The van der Waals surface area contributed by atoms with Gasteiger partial charge in [-0.25, -0.2) is 0 Å². The quantitative estimate of drug-likeness (QED) is 0.249.